The number of aliphatic carboxylic acids is 3. The molecule has 13 heteroatoms. The van der Waals surface area contributed by atoms with Crippen molar-refractivity contribution in [3.63, 3.8) is 0 Å². The normalized spacial score (nSPS) is 14.1. The zero-order valence-electron chi connectivity index (χ0n) is 21.3. The van der Waals surface area contributed by atoms with Crippen molar-refractivity contribution in [2.45, 2.75) is 82.4 Å². The van der Waals surface area contributed by atoms with Gasteiger partial charge in [0.2, 0.25) is 5.91 Å². The number of nitrogens with one attached hydrogen (secondary N) is 1. The van der Waals surface area contributed by atoms with E-state index in [0.717, 1.165) is 0 Å². The summed E-state index contributed by atoms with van der Waals surface area (Å²) in [4.78, 5) is 55.6. The first kappa shape index (κ1) is 35.3. The Morgan fingerprint density at radius 2 is 1.26 bits per heavy atom. The van der Waals surface area contributed by atoms with Crippen LogP contribution in [0, 0.1) is 5.92 Å². The van der Waals surface area contributed by atoms with E-state index in [1.54, 1.807) is 11.8 Å². The van der Waals surface area contributed by atoms with Gasteiger partial charge in [0.15, 0.2) is 0 Å². The monoisotopic (exact) mass is 539 g/mol. The number of carbonyl (C=O) groups excluding carboxylic acids is 2. The van der Waals surface area contributed by atoms with Gasteiger partial charge in [-0.15, -0.1) is 0 Å². The zero-order chi connectivity index (χ0) is 28.0. The van der Waals surface area contributed by atoms with Gasteiger partial charge in [-0.25, -0.2) is 0 Å². The number of ketones is 1. The van der Waals surface area contributed by atoms with Crippen molar-refractivity contribution in [1.29, 1.82) is 0 Å². The van der Waals surface area contributed by atoms with Crippen LogP contribution in [0.4, 0.5) is 0 Å². The Kier molecular flexibility index (Phi) is 16.9. The average Bonchev–Trinajstić information content (AvgIpc) is 2.70. The van der Waals surface area contributed by atoms with Crippen LogP contribution in [0.5, 0.6) is 0 Å². The third-order valence-corrected chi connectivity index (χ3v) is 6.87. The molecule has 11 nitrogen and oxygen atoms in total. The van der Waals surface area contributed by atoms with Crippen LogP contribution in [-0.2, 0) is 24.0 Å². The summed E-state index contributed by atoms with van der Waals surface area (Å²) in [6.45, 7) is 11.5. The van der Waals surface area contributed by atoms with Crippen LogP contribution in [0.1, 0.15) is 60.8 Å². The van der Waals surface area contributed by atoms with Gasteiger partial charge in [-0.2, -0.15) is 23.5 Å². The molecule has 0 aromatic heterocycles. The van der Waals surface area contributed by atoms with Crippen LogP contribution in [0.15, 0.2) is 0 Å². The summed E-state index contributed by atoms with van der Waals surface area (Å²) >= 11 is 3.06. The van der Waals surface area contributed by atoms with E-state index in [1.807, 2.05) is 41.5 Å². The van der Waals surface area contributed by atoms with Crippen molar-refractivity contribution >= 4 is 53.1 Å². The first-order valence-corrected chi connectivity index (χ1v) is 13.0. The predicted octanol–water partition coefficient (Wildman–Crippen LogP) is 1.42. The van der Waals surface area contributed by atoms with Crippen LogP contribution >= 0.6 is 23.5 Å². The minimum absolute atomic E-state index is 0.00401. The summed E-state index contributed by atoms with van der Waals surface area (Å²) in [5.74, 6) is -3.86. The van der Waals surface area contributed by atoms with E-state index in [4.69, 9.17) is 26.8 Å². The number of amides is 1. The molecule has 0 bridgehead atoms. The highest BCUT2D eigenvalue weighted by molar-refractivity contribution is 8.00. The molecule has 3 unspecified atom stereocenters. The van der Waals surface area contributed by atoms with Gasteiger partial charge in [0.05, 0.1) is 5.92 Å². The number of carboxylic acid groups (broad SMARTS) is 3. The molecule has 0 aliphatic rings. The van der Waals surface area contributed by atoms with Gasteiger partial charge in [0.25, 0.3) is 0 Å². The van der Waals surface area contributed by atoms with E-state index in [-0.39, 0.29) is 34.5 Å². The Labute approximate surface area is 215 Å². The molecule has 0 aliphatic heterocycles. The van der Waals surface area contributed by atoms with Crippen LogP contribution in [0.3, 0.4) is 0 Å². The topological polar surface area (TPSA) is 210 Å². The molecule has 1 amide bonds. The van der Waals surface area contributed by atoms with E-state index in [0.29, 0.717) is 11.5 Å². The number of carbonyl (C=O) groups is 5. The fraction of sp³-hybridized carbons (Fsp3) is 0.773. The van der Waals surface area contributed by atoms with Gasteiger partial charge in [0.1, 0.15) is 24.4 Å². The second-order valence-electron chi connectivity index (χ2n) is 9.83. The molecule has 0 saturated heterocycles. The second kappa shape index (κ2) is 16.8. The van der Waals surface area contributed by atoms with E-state index in [1.165, 1.54) is 11.8 Å². The van der Waals surface area contributed by atoms with Gasteiger partial charge in [-0.1, -0.05) is 41.5 Å². The molecule has 0 aromatic rings. The Hall–Kier alpha value is -1.83. The number of hydrogen-bond donors (Lipinski definition) is 6. The van der Waals surface area contributed by atoms with Crippen molar-refractivity contribution < 1.29 is 39.3 Å². The van der Waals surface area contributed by atoms with E-state index >= 15 is 0 Å². The maximum Gasteiger partial charge on any atom is 0.322 e. The largest absolute Gasteiger partial charge is 0.480 e. The highest BCUT2D eigenvalue weighted by atomic mass is 32.2. The van der Waals surface area contributed by atoms with Gasteiger partial charge < -0.3 is 32.1 Å². The Morgan fingerprint density at radius 3 is 1.66 bits per heavy atom. The van der Waals surface area contributed by atoms with Crippen LogP contribution in [0.2, 0.25) is 0 Å². The molecule has 0 heterocycles. The number of Topliss-reactive ketones (excluding diaryl/α,β-unsaturated/α-hetero) is 1. The average molecular weight is 540 g/mol. The number of nitrogens with two attached hydrogens (primary N) is 2. The minimum atomic E-state index is -1.18. The van der Waals surface area contributed by atoms with Crippen LogP contribution < -0.4 is 16.8 Å². The summed E-state index contributed by atoms with van der Waals surface area (Å²) in [7, 11) is 0. The molecule has 35 heavy (non-hydrogen) atoms. The van der Waals surface area contributed by atoms with Crippen molar-refractivity contribution in [1.82, 2.24) is 5.32 Å². The molecule has 0 radical (unpaired) electrons. The van der Waals surface area contributed by atoms with Crippen molar-refractivity contribution in [3.05, 3.63) is 0 Å². The fourth-order valence-corrected chi connectivity index (χ4v) is 3.91. The number of thioether (sulfide) groups is 2. The summed E-state index contributed by atoms with van der Waals surface area (Å²) in [6, 6.07) is -1.85. The molecular weight excluding hydrogens is 498 g/mol. The van der Waals surface area contributed by atoms with Gasteiger partial charge in [0, 0.05) is 33.8 Å². The van der Waals surface area contributed by atoms with E-state index < -0.39 is 48.4 Å². The summed E-state index contributed by atoms with van der Waals surface area (Å²) in [6.07, 6.45) is -0.0960. The molecule has 0 spiro atoms. The SMILES string of the molecule is CC(C)(C)SCC(CC(=O)CCC(N)C(=O)O)C(=O)NCC(=O)O.CC(C)(C)SCC(N)C(=O)O. The molecule has 0 aliphatic carbocycles. The Morgan fingerprint density at radius 1 is 0.800 bits per heavy atom. The van der Waals surface area contributed by atoms with Crippen molar-refractivity contribution in [2.75, 3.05) is 18.1 Å². The molecule has 0 rings (SSSR count). The number of carboxylic acids is 3. The molecule has 0 fully saturated rings. The van der Waals surface area contributed by atoms with Gasteiger partial charge in [-0.05, 0) is 6.42 Å². The van der Waals surface area contributed by atoms with E-state index in [2.05, 4.69) is 5.32 Å². The number of rotatable bonds is 14. The maximum atomic E-state index is 12.1. The van der Waals surface area contributed by atoms with Crippen molar-refractivity contribution in [3.8, 4) is 0 Å². The second-order valence-corrected chi connectivity index (χ2v) is 13.5. The predicted molar refractivity (Wildman–Crippen MR) is 139 cm³/mol. The lowest BCUT2D eigenvalue weighted by Gasteiger charge is -2.22. The Balaban J connectivity index is 0. The first-order valence-electron chi connectivity index (χ1n) is 11.0. The lowest BCUT2D eigenvalue weighted by Crippen LogP contribution is -2.37. The summed E-state index contributed by atoms with van der Waals surface area (Å²) < 4.78 is -0.0207. The molecule has 3 atom stereocenters. The van der Waals surface area contributed by atoms with Crippen molar-refractivity contribution in [2.24, 2.45) is 17.4 Å². The maximum absolute atomic E-state index is 12.1. The molecule has 0 aromatic carbocycles. The van der Waals surface area contributed by atoms with Gasteiger partial charge in [-0.3, -0.25) is 24.0 Å². The van der Waals surface area contributed by atoms with Gasteiger partial charge >= 0.3 is 17.9 Å². The smallest absolute Gasteiger partial charge is 0.322 e. The molecule has 8 N–H and O–H groups in total. The summed E-state index contributed by atoms with van der Waals surface area (Å²) in [5.41, 5.74) is 10.7. The molecule has 204 valence electrons. The van der Waals surface area contributed by atoms with Crippen LogP contribution in [-0.4, -0.2) is 84.5 Å². The van der Waals surface area contributed by atoms with E-state index in [9.17, 15) is 24.0 Å². The van der Waals surface area contributed by atoms with Crippen LogP contribution in [0.25, 0.3) is 0 Å². The third-order valence-electron chi connectivity index (χ3n) is 4.04. The lowest BCUT2D eigenvalue weighted by atomic mass is 9.99. The zero-order valence-corrected chi connectivity index (χ0v) is 23.0. The first-order chi connectivity index (χ1) is 15.7. The third kappa shape index (κ3) is 22.4. The lowest BCUT2D eigenvalue weighted by molar-refractivity contribution is -0.139. The molecule has 0 saturated carbocycles. The number of hydrogen-bond acceptors (Lipinski definition) is 9. The minimum Gasteiger partial charge on any atom is -0.480 e. The quantitative estimate of drug-likeness (QED) is 0.185. The standard InChI is InChI=1S/C15H26N2O6S.C7H15NO2S/c1-15(2,3)24-8-9(13(21)17-7-12(19)20)6-10(18)4-5-11(16)14(22)23;1-7(2,3)11-4-5(8)6(9)10/h9,11H,4-8,16H2,1-3H3,(H,17,21)(H,19,20)(H,22,23);5H,4,8H2,1-3H3,(H,9,10). The highest BCUT2D eigenvalue weighted by Gasteiger charge is 2.25. The summed E-state index contributed by atoms with van der Waals surface area (Å²) in [5, 5.41) is 28.1. The fourth-order valence-electron chi connectivity index (χ4n) is 2.11. The highest BCUT2D eigenvalue weighted by Crippen LogP contribution is 2.27. The Bertz CT molecular complexity index is 720. The molecular formula is C22H41N3O8S2.